The number of likely N-dealkylation sites (tertiary alicyclic amines) is 1. The molecule has 4 heterocycles. The number of fused-ring (bicyclic) bond motifs is 1. The molecular formula is C32H31F3N6. The first-order chi connectivity index (χ1) is 19.7. The van der Waals surface area contributed by atoms with Gasteiger partial charge < -0.3 is 4.98 Å². The molecule has 0 saturated carbocycles. The highest BCUT2D eigenvalue weighted by Crippen LogP contribution is 2.32. The smallest absolute Gasteiger partial charge is 0.261 e. The molecule has 1 fully saturated rings. The minimum absolute atomic E-state index is 0.130. The lowest BCUT2D eigenvalue weighted by atomic mass is 10.0. The summed E-state index contributed by atoms with van der Waals surface area (Å²) >= 11 is 0. The molecule has 41 heavy (non-hydrogen) atoms. The van der Waals surface area contributed by atoms with Gasteiger partial charge in [0.2, 0.25) is 0 Å². The topological polar surface area (TPSA) is 73.5 Å². The number of aryl methyl sites for hydroxylation is 1. The average Bonchev–Trinajstić information content (AvgIpc) is 3.65. The number of hydrogen-bond donors (Lipinski definition) is 2. The van der Waals surface area contributed by atoms with Gasteiger partial charge in [-0.15, -0.1) is 0 Å². The van der Waals surface area contributed by atoms with Gasteiger partial charge >= 0.3 is 0 Å². The molecule has 2 N–H and O–H groups in total. The van der Waals surface area contributed by atoms with Gasteiger partial charge in [-0.25, -0.2) is 23.1 Å². The van der Waals surface area contributed by atoms with Crippen molar-refractivity contribution in [1.29, 1.82) is 0 Å². The fourth-order valence-corrected chi connectivity index (χ4v) is 5.03. The summed E-state index contributed by atoms with van der Waals surface area (Å²) in [5.41, 5.74) is 6.52. The molecule has 0 unspecified atom stereocenters. The van der Waals surface area contributed by atoms with Gasteiger partial charge in [0.1, 0.15) is 11.3 Å². The highest BCUT2D eigenvalue weighted by atomic mass is 19.3. The van der Waals surface area contributed by atoms with Crippen LogP contribution in [0.5, 0.6) is 0 Å². The number of pyridine rings is 1. The molecule has 0 aliphatic carbocycles. The number of benzene rings is 1. The number of alkyl halides is 2. The number of rotatable bonds is 9. The molecule has 0 radical (unpaired) electrons. The standard InChI is InChI=1S/C32H31F3N6/c1-5-10-24(23-11-8-9-12-25(23)33)28-20(4)36-31(38-28)30-29-27(39-40-30)14-13-26(37-29)22(7-3)17-21(6-2)18-41-16-15-32(34,35)19-41/h5-14,17H,1-2,15-16,18-19H2,3-4H3,(H,36,38)(H,39,40)/b21-17+,22-7+,24-10-. The van der Waals surface area contributed by atoms with Gasteiger partial charge in [-0.05, 0) is 49.3 Å². The van der Waals surface area contributed by atoms with Crippen molar-refractivity contribution in [2.45, 2.75) is 26.2 Å². The molecule has 0 amide bonds. The Bertz CT molecular complexity index is 1710. The van der Waals surface area contributed by atoms with Crippen molar-refractivity contribution in [1.82, 2.24) is 30.0 Å². The van der Waals surface area contributed by atoms with Crippen LogP contribution in [0.3, 0.4) is 0 Å². The summed E-state index contributed by atoms with van der Waals surface area (Å²) in [6.07, 6.45) is 8.74. The lowest BCUT2D eigenvalue weighted by Crippen LogP contribution is -2.26. The van der Waals surface area contributed by atoms with E-state index in [1.165, 1.54) is 6.07 Å². The highest BCUT2D eigenvalue weighted by Gasteiger charge is 2.38. The molecule has 0 atom stereocenters. The molecule has 0 bridgehead atoms. The van der Waals surface area contributed by atoms with E-state index in [1.807, 2.05) is 38.1 Å². The van der Waals surface area contributed by atoms with Gasteiger partial charge in [-0.3, -0.25) is 10.00 Å². The van der Waals surface area contributed by atoms with Crippen LogP contribution in [0.25, 0.3) is 33.7 Å². The van der Waals surface area contributed by atoms with Crippen LogP contribution in [0.2, 0.25) is 0 Å². The molecule has 0 spiro atoms. The largest absolute Gasteiger partial charge is 0.340 e. The van der Waals surface area contributed by atoms with Crippen LogP contribution in [0.15, 0.2) is 85.5 Å². The van der Waals surface area contributed by atoms with Gasteiger partial charge in [0.05, 0.1) is 23.4 Å². The van der Waals surface area contributed by atoms with Crippen LogP contribution in [0, 0.1) is 12.7 Å². The van der Waals surface area contributed by atoms with Crippen LogP contribution in [-0.4, -0.2) is 55.6 Å². The van der Waals surface area contributed by atoms with Crippen molar-refractivity contribution in [2.75, 3.05) is 19.6 Å². The van der Waals surface area contributed by atoms with E-state index in [2.05, 4.69) is 28.3 Å². The Balaban J connectivity index is 1.49. The maximum Gasteiger partial charge on any atom is 0.261 e. The van der Waals surface area contributed by atoms with E-state index in [-0.39, 0.29) is 18.8 Å². The van der Waals surface area contributed by atoms with Gasteiger partial charge in [-0.2, -0.15) is 5.10 Å². The minimum Gasteiger partial charge on any atom is -0.340 e. The zero-order valence-corrected chi connectivity index (χ0v) is 23.0. The summed E-state index contributed by atoms with van der Waals surface area (Å²) in [5, 5.41) is 7.49. The molecule has 1 aliphatic heterocycles. The maximum atomic E-state index is 14.7. The average molecular weight is 557 g/mol. The quantitative estimate of drug-likeness (QED) is 0.213. The van der Waals surface area contributed by atoms with E-state index < -0.39 is 5.92 Å². The predicted molar refractivity (Wildman–Crippen MR) is 158 cm³/mol. The Morgan fingerprint density at radius 3 is 2.63 bits per heavy atom. The summed E-state index contributed by atoms with van der Waals surface area (Å²) < 4.78 is 42.1. The van der Waals surface area contributed by atoms with Crippen LogP contribution < -0.4 is 0 Å². The molecule has 5 rings (SSSR count). The number of aromatic nitrogens is 5. The first-order valence-corrected chi connectivity index (χ1v) is 13.3. The Hall–Kier alpha value is -4.50. The van der Waals surface area contributed by atoms with Crippen LogP contribution in [0.4, 0.5) is 13.2 Å². The molecule has 210 valence electrons. The van der Waals surface area contributed by atoms with E-state index in [0.29, 0.717) is 52.6 Å². The summed E-state index contributed by atoms with van der Waals surface area (Å²) in [6.45, 7) is 11.9. The molecule has 4 aromatic rings. The molecule has 9 heteroatoms. The van der Waals surface area contributed by atoms with Crippen molar-refractivity contribution in [3.8, 4) is 11.5 Å². The number of aromatic amines is 2. The Labute approximate surface area is 236 Å². The van der Waals surface area contributed by atoms with Crippen molar-refractivity contribution in [2.24, 2.45) is 0 Å². The van der Waals surface area contributed by atoms with E-state index in [1.54, 1.807) is 41.3 Å². The van der Waals surface area contributed by atoms with Crippen LogP contribution >= 0.6 is 0 Å². The third-order valence-electron chi connectivity index (χ3n) is 7.09. The number of H-pyrrole nitrogens is 2. The minimum atomic E-state index is -2.65. The van der Waals surface area contributed by atoms with Crippen molar-refractivity contribution in [3.05, 3.63) is 114 Å². The van der Waals surface area contributed by atoms with Gasteiger partial charge in [-0.1, -0.05) is 55.7 Å². The second-order valence-corrected chi connectivity index (χ2v) is 10.0. The second-order valence-electron chi connectivity index (χ2n) is 10.0. The van der Waals surface area contributed by atoms with Crippen molar-refractivity contribution < 1.29 is 13.2 Å². The van der Waals surface area contributed by atoms with E-state index in [4.69, 9.17) is 9.97 Å². The molecule has 6 nitrogen and oxygen atoms in total. The molecule has 3 aromatic heterocycles. The Kier molecular flexibility index (Phi) is 7.90. The lowest BCUT2D eigenvalue weighted by molar-refractivity contribution is 0.0131. The zero-order chi connectivity index (χ0) is 29.1. The lowest BCUT2D eigenvalue weighted by Gasteiger charge is -2.16. The SMILES string of the molecule is C=C/C=C(/c1ccccc1F)c1nc(-c2n[nH]c3ccc(C(/C=C(\C=C)CN4CCC(F)(F)C4)=C/C)nc23)[nH]c1C. The highest BCUT2D eigenvalue weighted by molar-refractivity contribution is 5.90. The van der Waals surface area contributed by atoms with Crippen LogP contribution in [0.1, 0.15) is 36.0 Å². The second kappa shape index (κ2) is 11.5. The van der Waals surface area contributed by atoms with Crippen molar-refractivity contribution >= 4 is 22.2 Å². The van der Waals surface area contributed by atoms with Crippen molar-refractivity contribution in [3.63, 3.8) is 0 Å². The number of allylic oxidation sites excluding steroid dienone is 5. The first-order valence-electron chi connectivity index (χ1n) is 13.3. The fraction of sp³-hybridized carbons (Fsp3) is 0.219. The predicted octanol–water partition coefficient (Wildman–Crippen LogP) is 7.27. The summed E-state index contributed by atoms with van der Waals surface area (Å²) in [4.78, 5) is 14.7. The third kappa shape index (κ3) is 5.85. The van der Waals surface area contributed by atoms with E-state index in [9.17, 15) is 13.2 Å². The molecule has 1 saturated heterocycles. The van der Waals surface area contributed by atoms with Gasteiger partial charge in [0, 0.05) is 36.3 Å². The molecule has 1 aromatic carbocycles. The summed E-state index contributed by atoms with van der Waals surface area (Å²) in [5.74, 6) is -2.52. The molecular weight excluding hydrogens is 525 g/mol. The Morgan fingerprint density at radius 2 is 1.95 bits per heavy atom. The molecule has 1 aliphatic rings. The van der Waals surface area contributed by atoms with E-state index >= 15 is 0 Å². The maximum absolute atomic E-state index is 14.7. The monoisotopic (exact) mass is 556 g/mol. The third-order valence-corrected chi connectivity index (χ3v) is 7.09. The van der Waals surface area contributed by atoms with Gasteiger partial charge in [0.25, 0.3) is 5.92 Å². The number of nitrogens with zero attached hydrogens (tertiary/aromatic N) is 4. The summed E-state index contributed by atoms with van der Waals surface area (Å²) in [7, 11) is 0. The normalized spacial score (nSPS) is 16.5. The number of hydrogen-bond acceptors (Lipinski definition) is 4. The number of imidazole rings is 1. The first kappa shape index (κ1) is 28.0. The van der Waals surface area contributed by atoms with Crippen LogP contribution in [-0.2, 0) is 0 Å². The fourth-order valence-electron chi connectivity index (χ4n) is 5.03. The van der Waals surface area contributed by atoms with Gasteiger partial charge in [0.15, 0.2) is 11.5 Å². The summed E-state index contributed by atoms with van der Waals surface area (Å²) in [6, 6.07) is 10.3. The zero-order valence-electron chi connectivity index (χ0n) is 23.0. The number of nitrogens with one attached hydrogen (secondary N) is 2. The Morgan fingerprint density at radius 1 is 1.15 bits per heavy atom. The van der Waals surface area contributed by atoms with E-state index in [0.717, 1.165) is 22.4 Å². The number of halogens is 3.